The van der Waals surface area contributed by atoms with E-state index in [2.05, 4.69) is 21.3 Å². The molecule has 0 saturated heterocycles. The largest absolute Gasteiger partial charge is 0.508 e. The number of hydrogen-bond donors (Lipinski definition) is 6. The number of carbonyl (C=O) groups is 5. The van der Waals surface area contributed by atoms with E-state index in [1.807, 2.05) is 6.07 Å². The molecule has 7 N–H and O–H groups in total. The first-order chi connectivity index (χ1) is 25.0. The molecule has 286 valence electrons. The molecule has 0 bridgehead atoms. The molecule has 13 nitrogen and oxygen atoms in total. The SMILES string of the molecule is Cc1cc(O)cc(C)c1C[C@H](NC(=O)OC(C)(C)C)C(=O)N[C@@H](CCCCNC(=O)OCc1ccccc1Cl)C(=O)N[C@@H](Cc1ccccc1)C(N)=O. The first-order valence-corrected chi connectivity index (χ1v) is 17.8. The van der Waals surface area contributed by atoms with E-state index in [4.69, 9.17) is 26.8 Å². The van der Waals surface area contributed by atoms with Gasteiger partial charge in [-0.3, -0.25) is 14.4 Å². The van der Waals surface area contributed by atoms with Crippen LogP contribution >= 0.6 is 11.6 Å². The zero-order chi connectivity index (χ0) is 39.1. The predicted octanol–water partition coefficient (Wildman–Crippen LogP) is 4.89. The number of nitrogens with two attached hydrogens (primary N) is 1. The van der Waals surface area contributed by atoms with Crippen LogP contribution in [0.5, 0.6) is 5.75 Å². The van der Waals surface area contributed by atoms with Crippen LogP contribution in [-0.2, 0) is 43.3 Å². The van der Waals surface area contributed by atoms with E-state index < -0.39 is 53.6 Å². The summed E-state index contributed by atoms with van der Waals surface area (Å²) < 4.78 is 10.7. The number of nitrogens with one attached hydrogen (secondary N) is 4. The average molecular weight is 752 g/mol. The molecule has 0 radical (unpaired) electrons. The molecule has 0 aliphatic rings. The molecule has 5 amide bonds. The smallest absolute Gasteiger partial charge is 0.408 e. The molecule has 0 aromatic heterocycles. The Labute approximate surface area is 315 Å². The Hall–Kier alpha value is -5.30. The quantitative estimate of drug-likeness (QED) is 0.105. The van der Waals surface area contributed by atoms with Gasteiger partial charge in [-0.1, -0.05) is 60.1 Å². The van der Waals surface area contributed by atoms with Gasteiger partial charge in [0.15, 0.2) is 0 Å². The van der Waals surface area contributed by atoms with Crippen LogP contribution in [0.25, 0.3) is 0 Å². The summed E-state index contributed by atoms with van der Waals surface area (Å²) in [5.41, 5.74) is 8.35. The number of primary amides is 1. The van der Waals surface area contributed by atoms with E-state index in [1.165, 1.54) is 0 Å². The molecule has 0 spiro atoms. The molecule has 53 heavy (non-hydrogen) atoms. The number of amides is 5. The minimum Gasteiger partial charge on any atom is -0.508 e. The Bertz CT molecular complexity index is 1710. The Morgan fingerprint density at radius 1 is 0.792 bits per heavy atom. The van der Waals surface area contributed by atoms with E-state index in [9.17, 15) is 29.1 Å². The Balaban J connectivity index is 1.76. The Kier molecular flexibility index (Phi) is 16.0. The summed E-state index contributed by atoms with van der Waals surface area (Å²) >= 11 is 6.13. The third-order valence-corrected chi connectivity index (χ3v) is 8.55. The molecule has 0 saturated carbocycles. The van der Waals surface area contributed by atoms with E-state index in [-0.39, 0.29) is 38.2 Å². The molecule has 3 rings (SSSR count). The van der Waals surface area contributed by atoms with Crippen LogP contribution in [0.15, 0.2) is 66.7 Å². The lowest BCUT2D eigenvalue weighted by molar-refractivity contribution is -0.132. The Morgan fingerprint density at radius 3 is 2.02 bits per heavy atom. The summed E-state index contributed by atoms with van der Waals surface area (Å²) in [5, 5.41) is 21.3. The van der Waals surface area contributed by atoms with Crippen molar-refractivity contribution in [2.45, 2.75) is 97.1 Å². The summed E-state index contributed by atoms with van der Waals surface area (Å²) in [6, 6.07) is 15.7. The van der Waals surface area contributed by atoms with Gasteiger partial charge in [-0.15, -0.1) is 0 Å². The van der Waals surface area contributed by atoms with Gasteiger partial charge in [0.2, 0.25) is 17.7 Å². The molecular formula is C39H50ClN5O8. The van der Waals surface area contributed by atoms with Crippen molar-refractivity contribution in [3.8, 4) is 5.75 Å². The van der Waals surface area contributed by atoms with E-state index in [0.717, 1.165) is 5.56 Å². The second-order valence-corrected chi connectivity index (χ2v) is 14.2. The van der Waals surface area contributed by atoms with Gasteiger partial charge in [0, 0.05) is 30.0 Å². The van der Waals surface area contributed by atoms with Crippen LogP contribution in [0.4, 0.5) is 9.59 Å². The lowest BCUT2D eigenvalue weighted by atomic mass is 9.95. The molecule has 0 fully saturated rings. The molecule has 0 heterocycles. The highest BCUT2D eigenvalue weighted by atomic mass is 35.5. The second-order valence-electron chi connectivity index (χ2n) is 13.8. The number of rotatable bonds is 17. The summed E-state index contributed by atoms with van der Waals surface area (Å²) in [6.07, 6.45) is -0.439. The monoisotopic (exact) mass is 751 g/mol. The van der Waals surface area contributed by atoms with Crippen LogP contribution in [0, 0.1) is 13.8 Å². The van der Waals surface area contributed by atoms with Gasteiger partial charge in [0.1, 0.15) is 36.1 Å². The van der Waals surface area contributed by atoms with Crippen molar-refractivity contribution in [1.82, 2.24) is 21.3 Å². The number of alkyl carbamates (subject to hydrolysis) is 2. The summed E-state index contributed by atoms with van der Waals surface area (Å²) in [7, 11) is 0. The lowest BCUT2D eigenvalue weighted by Crippen LogP contribution is -2.57. The fraction of sp³-hybridized carbons (Fsp3) is 0.410. The molecule has 3 aromatic carbocycles. The average Bonchev–Trinajstić information content (AvgIpc) is 3.07. The topological polar surface area (TPSA) is 198 Å². The van der Waals surface area contributed by atoms with E-state index >= 15 is 0 Å². The highest BCUT2D eigenvalue weighted by Gasteiger charge is 2.31. The fourth-order valence-electron chi connectivity index (χ4n) is 5.52. The number of halogens is 1. The minimum absolute atomic E-state index is 0.00845. The molecule has 0 aliphatic carbocycles. The highest BCUT2D eigenvalue weighted by Crippen LogP contribution is 2.23. The van der Waals surface area contributed by atoms with Crippen molar-refractivity contribution in [2.75, 3.05) is 6.54 Å². The number of aromatic hydroxyl groups is 1. The normalized spacial score (nSPS) is 12.8. The Morgan fingerprint density at radius 2 is 1.40 bits per heavy atom. The van der Waals surface area contributed by atoms with Crippen LogP contribution < -0.4 is 27.0 Å². The zero-order valence-corrected chi connectivity index (χ0v) is 31.5. The van der Waals surface area contributed by atoms with Gasteiger partial charge >= 0.3 is 12.2 Å². The lowest BCUT2D eigenvalue weighted by Gasteiger charge is -2.27. The van der Waals surface area contributed by atoms with Crippen LogP contribution in [0.3, 0.4) is 0 Å². The number of unbranched alkanes of at least 4 members (excludes halogenated alkanes) is 1. The van der Waals surface area contributed by atoms with Gasteiger partial charge < -0.3 is 41.6 Å². The number of phenols is 1. The van der Waals surface area contributed by atoms with Gasteiger partial charge in [-0.25, -0.2) is 9.59 Å². The fourth-order valence-corrected chi connectivity index (χ4v) is 5.71. The maximum Gasteiger partial charge on any atom is 0.408 e. The number of aryl methyl sites for hydroxylation is 2. The summed E-state index contributed by atoms with van der Waals surface area (Å²) in [6.45, 7) is 8.82. The standard InChI is InChI=1S/C39H50ClN5O8/c1-24-19-28(46)20-25(2)29(24)22-33(45-38(51)53-39(3,4)5)36(49)43-31(35(48)44-32(34(41)47)21-26-13-7-6-8-14-26)17-11-12-18-42-37(50)52-23-27-15-9-10-16-30(27)40/h6-10,13-16,19-20,31-33,46H,11-12,17-18,21-23H2,1-5H3,(H2,41,47)(H,42,50)(H,43,49)(H,44,48)(H,45,51)/t31-,32-,33-/m0/s1. The van der Waals surface area contributed by atoms with Gasteiger partial charge in [0.05, 0.1) is 0 Å². The summed E-state index contributed by atoms with van der Waals surface area (Å²) in [4.78, 5) is 65.3. The predicted molar refractivity (Wildman–Crippen MR) is 201 cm³/mol. The molecule has 14 heteroatoms. The number of carbonyl (C=O) groups excluding carboxylic acids is 5. The molecule has 3 aromatic rings. The van der Waals surface area contributed by atoms with Gasteiger partial charge in [-0.05, 0) is 94.3 Å². The van der Waals surface area contributed by atoms with Crippen molar-refractivity contribution < 1.29 is 38.6 Å². The van der Waals surface area contributed by atoms with Gasteiger partial charge in [0.25, 0.3) is 0 Å². The van der Waals surface area contributed by atoms with Crippen molar-refractivity contribution in [1.29, 1.82) is 0 Å². The van der Waals surface area contributed by atoms with Crippen molar-refractivity contribution in [3.63, 3.8) is 0 Å². The number of ether oxygens (including phenoxy) is 2. The van der Waals surface area contributed by atoms with E-state index in [1.54, 1.807) is 95.3 Å². The summed E-state index contributed by atoms with van der Waals surface area (Å²) in [5.74, 6) is -2.03. The molecule has 0 unspecified atom stereocenters. The van der Waals surface area contributed by atoms with Crippen LogP contribution in [-0.4, -0.2) is 65.3 Å². The van der Waals surface area contributed by atoms with Crippen molar-refractivity contribution >= 4 is 41.5 Å². The van der Waals surface area contributed by atoms with E-state index in [0.29, 0.717) is 40.1 Å². The van der Waals surface area contributed by atoms with Gasteiger partial charge in [-0.2, -0.15) is 0 Å². The number of hydrogen-bond acceptors (Lipinski definition) is 8. The third kappa shape index (κ3) is 14.7. The van der Waals surface area contributed by atoms with Crippen LogP contribution in [0.2, 0.25) is 5.02 Å². The number of benzene rings is 3. The highest BCUT2D eigenvalue weighted by molar-refractivity contribution is 6.31. The maximum atomic E-state index is 14.0. The van der Waals surface area contributed by atoms with Crippen molar-refractivity contribution in [2.24, 2.45) is 5.73 Å². The number of phenolic OH excluding ortho intramolecular Hbond substituents is 1. The zero-order valence-electron chi connectivity index (χ0n) is 30.8. The first kappa shape index (κ1) is 42.1. The molecule has 3 atom stereocenters. The molecule has 0 aliphatic heterocycles. The maximum absolute atomic E-state index is 14.0. The second kappa shape index (κ2) is 20.1. The minimum atomic E-state index is -1.19. The third-order valence-electron chi connectivity index (χ3n) is 8.18. The van der Waals surface area contributed by atoms with Crippen molar-refractivity contribution in [3.05, 3.63) is 99.6 Å². The first-order valence-electron chi connectivity index (χ1n) is 17.4. The molecular weight excluding hydrogens is 702 g/mol. The van der Waals surface area contributed by atoms with Crippen LogP contribution in [0.1, 0.15) is 67.9 Å².